The number of nitrogens with one attached hydrogen (secondary N) is 2. The Labute approximate surface area is 118 Å². The summed E-state index contributed by atoms with van der Waals surface area (Å²) in [5.41, 5.74) is 1.25. The number of carbonyl (C=O) groups is 2. The van der Waals surface area contributed by atoms with Crippen LogP contribution in [0.1, 0.15) is 15.9 Å². The predicted octanol–water partition coefficient (Wildman–Crippen LogP) is 0.0189. The highest BCUT2D eigenvalue weighted by Gasteiger charge is 2.50. The van der Waals surface area contributed by atoms with Crippen molar-refractivity contribution >= 4 is 11.8 Å². The van der Waals surface area contributed by atoms with E-state index in [9.17, 15) is 9.59 Å². The molecule has 2 aliphatic rings. The first-order chi connectivity index (χ1) is 9.53. The lowest BCUT2D eigenvalue weighted by atomic mass is 9.77. The fourth-order valence-corrected chi connectivity index (χ4v) is 3.28. The fourth-order valence-electron chi connectivity index (χ4n) is 3.28. The van der Waals surface area contributed by atoms with Gasteiger partial charge in [0.2, 0.25) is 5.91 Å². The lowest BCUT2D eigenvalue weighted by Crippen LogP contribution is -2.61. The molecular formula is C15H19N3O2. The van der Waals surface area contributed by atoms with Gasteiger partial charge in [0.15, 0.2) is 0 Å². The van der Waals surface area contributed by atoms with Gasteiger partial charge < -0.3 is 15.5 Å². The van der Waals surface area contributed by atoms with Crippen LogP contribution in [0.15, 0.2) is 24.3 Å². The van der Waals surface area contributed by atoms with Crippen molar-refractivity contribution in [1.82, 2.24) is 15.5 Å². The fraction of sp³-hybridized carbons (Fsp3) is 0.467. The van der Waals surface area contributed by atoms with Crippen molar-refractivity contribution in [3.63, 3.8) is 0 Å². The van der Waals surface area contributed by atoms with Gasteiger partial charge in [0, 0.05) is 32.7 Å². The van der Waals surface area contributed by atoms with Gasteiger partial charge in [-0.3, -0.25) is 9.59 Å². The number of hydrogen-bond donors (Lipinski definition) is 2. The Hall–Kier alpha value is -1.88. The van der Waals surface area contributed by atoms with E-state index in [1.807, 2.05) is 24.3 Å². The molecular weight excluding hydrogens is 254 g/mol. The molecule has 5 heteroatoms. The van der Waals surface area contributed by atoms with Gasteiger partial charge in [-0.25, -0.2) is 0 Å². The molecule has 106 valence electrons. The third-order valence-corrected chi connectivity index (χ3v) is 4.33. The van der Waals surface area contributed by atoms with Crippen LogP contribution in [0.2, 0.25) is 0 Å². The van der Waals surface area contributed by atoms with E-state index in [1.54, 1.807) is 19.0 Å². The van der Waals surface area contributed by atoms with Gasteiger partial charge in [-0.2, -0.15) is 0 Å². The summed E-state index contributed by atoms with van der Waals surface area (Å²) >= 11 is 0. The summed E-state index contributed by atoms with van der Waals surface area (Å²) in [7, 11) is 3.51. The largest absolute Gasteiger partial charge is 0.348 e. The lowest BCUT2D eigenvalue weighted by molar-refractivity contribution is -0.134. The van der Waals surface area contributed by atoms with Crippen LogP contribution in [-0.2, 0) is 11.2 Å². The highest BCUT2D eigenvalue weighted by molar-refractivity contribution is 5.98. The molecule has 1 aromatic carbocycles. The topological polar surface area (TPSA) is 61.4 Å². The first kappa shape index (κ1) is 13.1. The van der Waals surface area contributed by atoms with E-state index < -0.39 is 5.54 Å². The molecule has 0 radical (unpaired) electrons. The van der Waals surface area contributed by atoms with Crippen LogP contribution in [0.5, 0.6) is 0 Å². The van der Waals surface area contributed by atoms with E-state index >= 15 is 0 Å². The summed E-state index contributed by atoms with van der Waals surface area (Å²) in [4.78, 5) is 26.3. The van der Waals surface area contributed by atoms with E-state index in [0.29, 0.717) is 19.5 Å². The maximum absolute atomic E-state index is 12.4. The minimum atomic E-state index is -0.493. The second-order valence-electron chi connectivity index (χ2n) is 5.86. The molecule has 2 amide bonds. The zero-order valence-corrected chi connectivity index (χ0v) is 11.8. The van der Waals surface area contributed by atoms with Gasteiger partial charge in [-0.1, -0.05) is 18.2 Å². The second kappa shape index (κ2) is 4.59. The van der Waals surface area contributed by atoms with Crippen molar-refractivity contribution < 1.29 is 9.59 Å². The normalized spacial score (nSPS) is 28.1. The molecule has 2 aliphatic heterocycles. The van der Waals surface area contributed by atoms with Crippen LogP contribution in [-0.4, -0.2) is 49.4 Å². The molecule has 2 heterocycles. The van der Waals surface area contributed by atoms with Gasteiger partial charge in [0.05, 0.1) is 11.5 Å². The number of carbonyl (C=O) groups excluding carboxylic acids is 2. The highest BCUT2D eigenvalue weighted by atomic mass is 16.2. The standard InChI is InChI=1S/C15H19N3O2/c1-18(2)14(20)12-8-16-9-15(12)7-10-5-3-4-6-11(10)13(19)17-15/h3-6,12,16H,7-9H2,1-2H3,(H,17,19)/t12-,15-/m0/s1. The van der Waals surface area contributed by atoms with E-state index in [1.165, 1.54) is 0 Å². The molecule has 0 aromatic heterocycles. The van der Waals surface area contributed by atoms with Gasteiger partial charge in [-0.05, 0) is 18.1 Å². The van der Waals surface area contributed by atoms with Gasteiger partial charge in [-0.15, -0.1) is 0 Å². The molecule has 3 rings (SSSR count). The smallest absolute Gasteiger partial charge is 0.252 e. The molecule has 1 saturated heterocycles. The van der Waals surface area contributed by atoms with Crippen molar-refractivity contribution in [2.24, 2.45) is 5.92 Å². The Kier molecular flexibility index (Phi) is 3.01. The van der Waals surface area contributed by atoms with Crippen molar-refractivity contribution in [3.8, 4) is 0 Å². The van der Waals surface area contributed by atoms with Crippen LogP contribution < -0.4 is 10.6 Å². The predicted molar refractivity (Wildman–Crippen MR) is 75.4 cm³/mol. The average Bonchev–Trinajstić information content (AvgIpc) is 2.80. The monoisotopic (exact) mass is 273 g/mol. The van der Waals surface area contributed by atoms with Crippen LogP contribution >= 0.6 is 0 Å². The minimum absolute atomic E-state index is 0.0645. The van der Waals surface area contributed by atoms with Gasteiger partial charge in [0.25, 0.3) is 5.91 Å². The average molecular weight is 273 g/mol. The number of amides is 2. The van der Waals surface area contributed by atoms with E-state index in [2.05, 4.69) is 10.6 Å². The van der Waals surface area contributed by atoms with Crippen LogP contribution in [0, 0.1) is 5.92 Å². The zero-order chi connectivity index (χ0) is 14.3. The van der Waals surface area contributed by atoms with Crippen LogP contribution in [0.3, 0.4) is 0 Å². The van der Waals surface area contributed by atoms with E-state index in [4.69, 9.17) is 0 Å². The Morgan fingerprint density at radius 2 is 2.10 bits per heavy atom. The summed E-state index contributed by atoms with van der Waals surface area (Å²) in [5, 5.41) is 6.34. The molecule has 0 saturated carbocycles. The maximum atomic E-state index is 12.4. The summed E-state index contributed by atoms with van der Waals surface area (Å²) < 4.78 is 0. The summed E-state index contributed by atoms with van der Waals surface area (Å²) in [6, 6.07) is 7.62. The van der Waals surface area contributed by atoms with Crippen molar-refractivity contribution in [1.29, 1.82) is 0 Å². The zero-order valence-electron chi connectivity index (χ0n) is 11.8. The van der Waals surface area contributed by atoms with Crippen LogP contribution in [0.25, 0.3) is 0 Å². The number of rotatable bonds is 1. The molecule has 1 fully saturated rings. The van der Waals surface area contributed by atoms with E-state index in [0.717, 1.165) is 11.1 Å². The third-order valence-electron chi connectivity index (χ3n) is 4.33. The SMILES string of the molecule is CN(C)C(=O)[C@@H]1CNC[C@@]12Cc1ccccc1C(=O)N2. The minimum Gasteiger partial charge on any atom is -0.348 e. The molecule has 2 atom stereocenters. The van der Waals surface area contributed by atoms with Gasteiger partial charge in [0.1, 0.15) is 0 Å². The van der Waals surface area contributed by atoms with Crippen molar-refractivity contribution in [2.75, 3.05) is 27.2 Å². The number of nitrogens with zero attached hydrogens (tertiary/aromatic N) is 1. The first-order valence-corrected chi connectivity index (χ1v) is 6.86. The molecule has 1 aromatic rings. The molecule has 0 aliphatic carbocycles. The number of benzene rings is 1. The van der Waals surface area contributed by atoms with Crippen molar-refractivity contribution in [3.05, 3.63) is 35.4 Å². The number of fused-ring (bicyclic) bond motifs is 1. The second-order valence-corrected chi connectivity index (χ2v) is 5.86. The summed E-state index contributed by atoms with van der Waals surface area (Å²) in [5.74, 6) is -0.225. The maximum Gasteiger partial charge on any atom is 0.252 e. The molecule has 20 heavy (non-hydrogen) atoms. The molecule has 0 bridgehead atoms. The summed E-state index contributed by atoms with van der Waals surface area (Å²) in [6.07, 6.45) is 0.701. The third kappa shape index (κ3) is 1.89. The number of hydrogen-bond acceptors (Lipinski definition) is 3. The molecule has 5 nitrogen and oxygen atoms in total. The Morgan fingerprint density at radius 1 is 1.35 bits per heavy atom. The molecule has 2 N–H and O–H groups in total. The lowest BCUT2D eigenvalue weighted by Gasteiger charge is -2.39. The van der Waals surface area contributed by atoms with E-state index in [-0.39, 0.29) is 17.7 Å². The van der Waals surface area contributed by atoms with Crippen LogP contribution in [0.4, 0.5) is 0 Å². The van der Waals surface area contributed by atoms with Crippen molar-refractivity contribution in [2.45, 2.75) is 12.0 Å². The Balaban J connectivity index is 1.98. The molecule has 0 unspecified atom stereocenters. The van der Waals surface area contributed by atoms with Gasteiger partial charge >= 0.3 is 0 Å². The molecule has 1 spiro atoms. The summed E-state index contributed by atoms with van der Waals surface area (Å²) in [6.45, 7) is 1.25. The quantitative estimate of drug-likeness (QED) is 0.758. The first-order valence-electron chi connectivity index (χ1n) is 6.86. The highest BCUT2D eigenvalue weighted by Crippen LogP contribution is 2.32. The Morgan fingerprint density at radius 3 is 2.85 bits per heavy atom. The Bertz CT molecular complexity index is 570.